The van der Waals surface area contributed by atoms with Crippen molar-refractivity contribution in [3.05, 3.63) is 5.56 Å². The zero-order valence-electron chi connectivity index (χ0n) is 7.83. The van der Waals surface area contributed by atoms with Gasteiger partial charge in [-0.25, -0.2) is 0 Å². The standard InChI is InChI=1S/C8H7B4N/c1-3(2)4-5(9)7(11)13-8(12)6(4)10/h3H,1-2H3. The van der Waals surface area contributed by atoms with Gasteiger partial charge in [-0.2, -0.15) is 0 Å². The van der Waals surface area contributed by atoms with Gasteiger partial charge in [-0.05, 0) is 17.1 Å². The van der Waals surface area contributed by atoms with E-state index in [4.69, 9.17) is 31.4 Å². The summed E-state index contributed by atoms with van der Waals surface area (Å²) in [6, 6.07) is 0. The Kier molecular flexibility index (Phi) is 2.94. The van der Waals surface area contributed by atoms with Gasteiger partial charge in [0.2, 0.25) is 0 Å². The van der Waals surface area contributed by atoms with Gasteiger partial charge >= 0.3 is 0 Å². The number of rotatable bonds is 1. The van der Waals surface area contributed by atoms with Crippen LogP contribution in [0, 0.1) is 0 Å². The molecule has 5 heteroatoms. The highest BCUT2D eigenvalue weighted by atomic mass is 14.7. The van der Waals surface area contributed by atoms with Crippen LogP contribution in [-0.4, -0.2) is 36.4 Å². The second kappa shape index (κ2) is 3.65. The van der Waals surface area contributed by atoms with Crippen molar-refractivity contribution in [1.29, 1.82) is 0 Å². The van der Waals surface area contributed by atoms with Gasteiger partial charge in [0.15, 0.2) is 0 Å². The normalized spacial score (nSPS) is 10.7. The summed E-state index contributed by atoms with van der Waals surface area (Å²) in [5.74, 6) is 0.188. The molecule has 0 N–H and O–H groups in total. The van der Waals surface area contributed by atoms with Crippen molar-refractivity contribution in [1.82, 2.24) is 4.98 Å². The fourth-order valence-corrected chi connectivity index (χ4v) is 1.29. The maximum Gasteiger partial charge on any atom is 0.140 e. The van der Waals surface area contributed by atoms with Gasteiger partial charge in [-0.1, -0.05) is 30.3 Å². The number of nitrogens with zero attached hydrogens (tertiary/aromatic N) is 1. The van der Waals surface area contributed by atoms with Gasteiger partial charge in [0.25, 0.3) is 0 Å². The largest absolute Gasteiger partial charge is 0.282 e. The molecule has 1 nitrogen and oxygen atoms in total. The van der Waals surface area contributed by atoms with Gasteiger partial charge < -0.3 is 0 Å². The first-order chi connectivity index (χ1) is 5.95. The number of pyridine rings is 1. The highest BCUT2D eigenvalue weighted by Gasteiger charge is 2.10. The molecule has 0 spiro atoms. The van der Waals surface area contributed by atoms with E-state index < -0.39 is 0 Å². The third-order valence-corrected chi connectivity index (χ3v) is 1.95. The summed E-state index contributed by atoms with van der Waals surface area (Å²) >= 11 is 0. The molecule has 0 aliphatic carbocycles. The molecule has 0 aliphatic heterocycles. The van der Waals surface area contributed by atoms with Crippen molar-refractivity contribution in [2.75, 3.05) is 0 Å². The molecule has 0 fully saturated rings. The first kappa shape index (κ1) is 10.5. The highest BCUT2D eigenvalue weighted by Crippen LogP contribution is 2.05. The number of aromatic nitrogens is 1. The van der Waals surface area contributed by atoms with Crippen molar-refractivity contribution in [3.63, 3.8) is 0 Å². The SMILES string of the molecule is [B]c1nc([B])c([B])c(C(C)C)c1[B]. The lowest BCUT2D eigenvalue weighted by atomic mass is 9.70. The van der Waals surface area contributed by atoms with Crippen molar-refractivity contribution >= 4 is 53.5 Å². The van der Waals surface area contributed by atoms with Gasteiger partial charge in [0.1, 0.15) is 31.4 Å². The van der Waals surface area contributed by atoms with Crippen LogP contribution in [0.15, 0.2) is 0 Å². The third-order valence-electron chi connectivity index (χ3n) is 1.95. The van der Waals surface area contributed by atoms with E-state index in [1.807, 2.05) is 13.8 Å². The Morgan fingerprint density at radius 2 is 1.31 bits per heavy atom. The molecule has 0 aliphatic rings. The molecule has 1 rings (SSSR count). The van der Waals surface area contributed by atoms with Crippen LogP contribution >= 0.6 is 0 Å². The van der Waals surface area contributed by atoms with Crippen LogP contribution in [0.4, 0.5) is 0 Å². The second-order valence-electron chi connectivity index (χ2n) is 3.28. The average molecular weight is 160 g/mol. The van der Waals surface area contributed by atoms with Crippen LogP contribution in [0.25, 0.3) is 0 Å². The van der Waals surface area contributed by atoms with E-state index >= 15 is 0 Å². The number of hydrogen-bond acceptors (Lipinski definition) is 1. The fourth-order valence-electron chi connectivity index (χ4n) is 1.29. The molecule has 0 saturated heterocycles. The summed E-state index contributed by atoms with van der Waals surface area (Å²) in [7, 11) is 22.6. The first-order valence-electron chi connectivity index (χ1n) is 4.05. The van der Waals surface area contributed by atoms with E-state index in [2.05, 4.69) is 4.98 Å². The van der Waals surface area contributed by atoms with E-state index in [0.717, 1.165) is 5.56 Å². The fraction of sp³-hybridized carbons (Fsp3) is 0.375. The minimum Gasteiger partial charge on any atom is -0.282 e. The lowest BCUT2D eigenvalue weighted by molar-refractivity contribution is 0.880. The van der Waals surface area contributed by atoms with Crippen LogP contribution in [-0.2, 0) is 0 Å². The van der Waals surface area contributed by atoms with Crippen LogP contribution < -0.4 is 22.1 Å². The van der Waals surface area contributed by atoms with Crippen LogP contribution in [0.5, 0.6) is 0 Å². The Balaban J connectivity index is 3.46. The molecule has 13 heavy (non-hydrogen) atoms. The van der Waals surface area contributed by atoms with Gasteiger partial charge in [-0.15, -0.1) is 0 Å². The van der Waals surface area contributed by atoms with E-state index in [1.54, 1.807) is 0 Å². The molecule has 1 aromatic rings. The molecule has 1 aromatic heterocycles. The highest BCUT2D eigenvalue weighted by molar-refractivity contribution is 6.54. The van der Waals surface area contributed by atoms with Crippen molar-refractivity contribution in [2.45, 2.75) is 19.8 Å². The summed E-state index contributed by atoms with van der Waals surface area (Å²) in [5.41, 5.74) is 2.14. The molecule has 56 valence electrons. The topological polar surface area (TPSA) is 12.9 Å². The third kappa shape index (κ3) is 1.84. The van der Waals surface area contributed by atoms with Crippen LogP contribution in [0.2, 0.25) is 0 Å². The molecule has 8 radical (unpaired) electrons. The molecule has 1 heterocycles. The molecule has 0 bridgehead atoms. The number of hydrogen-bond donors (Lipinski definition) is 0. The lowest BCUT2D eigenvalue weighted by Gasteiger charge is -2.18. The lowest BCUT2D eigenvalue weighted by Crippen LogP contribution is -2.47. The van der Waals surface area contributed by atoms with Gasteiger partial charge in [0, 0.05) is 0 Å². The predicted molar refractivity (Wildman–Crippen MR) is 59.9 cm³/mol. The second-order valence-corrected chi connectivity index (χ2v) is 3.28. The smallest absolute Gasteiger partial charge is 0.140 e. The summed E-state index contributed by atoms with van der Waals surface area (Å²) in [6.07, 6.45) is 0. The Bertz CT molecular complexity index is 309. The Morgan fingerprint density at radius 3 is 1.62 bits per heavy atom. The minimum atomic E-state index is 0.188. The molecular formula is C8H7B4N. The van der Waals surface area contributed by atoms with E-state index in [1.165, 1.54) is 0 Å². The summed E-state index contributed by atoms with van der Waals surface area (Å²) in [4.78, 5) is 3.82. The van der Waals surface area contributed by atoms with Gasteiger partial charge in [-0.3, -0.25) is 4.98 Å². The average Bonchev–Trinajstić information content (AvgIpc) is 2.01. The zero-order valence-corrected chi connectivity index (χ0v) is 7.83. The predicted octanol–water partition coefficient (Wildman–Crippen LogP) is -2.62. The van der Waals surface area contributed by atoms with Crippen molar-refractivity contribution in [3.8, 4) is 0 Å². The molecule has 0 atom stereocenters. The summed E-state index contributed by atoms with van der Waals surface area (Å²) < 4.78 is 0. The Hall–Kier alpha value is -0.590. The summed E-state index contributed by atoms with van der Waals surface area (Å²) in [5, 5.41) is 0. The molecule has 0 saturated carbocycles. The first-order valence-corrected chi connectivity index (χ1v) is 4.05. The van der Waals surface area contributed by atoms with Gasteiger partial charge in [0.05, 0.1) is 0 Å². The maximum absolute atomic E-state index is 5.73. The van der Waals surface area contributed by atoms with Crippen LogP contribution in [0.3, 0.4) is 0 Å². The van der Waals surface area contributed by atoms with Crippen molar-refractivity contribution in [2.24, 2.45) is 0 Å². The van der Waals surface area contributed by atoms with E-state index in [-0.39, 0.29) is 17.1 Å². The minimum absolute atomic E-state index is 0.188. The van der Waals surface area contributed by atoms with Crippen molar-refractivity contribution < 1.29 is 0 Å². The Morgan fingerprint density at radius 1 is 0.923 bits per heavy atom. The quantitative estimate of drug-likeness (QED) is 0.410. The summed E-state index contributed by atoms with van der Waals surface area (Å²) in [6.45, 7) is 3.95. The monoisotopic (exact) mass is 161 g/mol. The molecule has 0 aromatic carbocycles. The molecular weight excluding hydrogens is 153 g/mol. The Labute approximate surface area is 84.4 Å². The van der Waals surface area contributed by atoms with E-state index in [9.17, 15) is 0 Å². The van der Waals surface area contributed by atoms with Crippen LogP contribution in [0.1, 0.15) is 25.3 Å². The zero-order chi connectivity index (χ0) is 10.2. The molecule has 0 amide bonds. The maximum atomic E-state index is 5.73. The molecule has 0 unspecified atom stereocenters. The van der Waals surface area contributed by atoms with E-state index in [0.29, 0.717) is 10.9 Å².